The summed E-state index contributed by atoms with van der Waals surface area (Å²) in [7, 11) is 0. The molecular weight excluding hydrogens is 168 g/mol. The van der Waals surface area contributed by atoms with Gasteiger partial charge in [-0.25, -0.2) is 0 Å². The van der Waals surface area contributed by atoms with E-state index in [-0.39, 0.29) is 21.7 Å². The Labute approximate surface area is 84.0 Å². The van der Waals surface area contributed by atoms with Gasteiger partial charge in [-0.15, -0.1) is 0 Å². The van der Waals surface area contributed by atoms with Crippen LogP contribution in [-0.2, 0) is 21.7 Å². The summed E-state index contributed by atoms with van der Waals surface area (Å²) in [6.45, 7) is 0. The van der Waals surface area contributed by atoms with Crippen molar-refractivity contribution in [2.75, 3.05) is 0 Å². The van der Waals surface area contributed by atoms with Crippen molar-refractivity contribution in [3.8, 4) is 0 Å². The van der Waals surface area contributed by atoms with Crippen LogP contribution in [-0.4, -0.2) is 0 Å². The molecule has 60 valence electrons. The maximum absolute atomic E-state index is 2.66. The van der Waals surface area contributed by atoms with Gasteiger partial charge in [-0.05, 0) is 18.3 Å². The summed E-state index contributed by atoms with van der Waals surface area (Å²) in [5, 5.41) is 0. The molecule has 4 bridgehead atoms. The minimum Gasteiger partial charge on any atom is -0.322 e. The fourth-order valence-electron chi connectivity index (χ4n) is 3.65. The van der Waals surface area contributed by atoms with E-state index in [1.807, 2.05) is 0 Å². The SMILES string of the molecule is [CH-]1C2CC3CC1CC(C2)C3.[Ti]. The topological polar surface area (TPSA) is 0 Å². The Hall–Kier alpha value is 0.714. The smallest absolute Gasteiger partial charge is 0 e. The zero-order valence-corrected chi connectivity index (χ0v) is 8.48. The third-order valence-corrected chi connectivity index (χ3v) is 3.76. The first-order chi connectivity index (χ1) is 4.90. The van der Waals surface area contributed by atoms with E-state index >= 15 is 0 Å². The Morgan fingerprint density at radius 1 is 0.727 bits per heavy atom. The van der Waals surface area contributed by atoms with Gasteiger partial charge in [0.25, 0.3) is 0 Å². The summed E-state index contributed by atoms with van der Waals surface area (Å²) in [5.74, 6) is 4.40. The van der Waals surface area contributed by atoms with E-state index in [2.05, 4.69) is 6.42 Å². The van der Waals surface area contributed by atoms with E-state index in [9.17, 15) is 0 Å². The van der Waals surface area contributed by atoms with Crippen molar-refractivity contribution >= 4 is 0 Å². The van der Waals surface area contributed by atoms with Crippen molar-refractivity contribution in [2.24, 2.45) is 23.7 Å². The predicted molar refractivity (Wildman–Crippen MR) is 41.3 cm³/mol. The average Bonchev–Trinajstić information content (AvgIpc) is 1.82. The molecule has 0 spiro atoms. The van der Waals surface area contributed by atoms with Crippen LogP contribution in [0.25, 0.3) is 0 Å². The van der Waals surface area contributed by atoms with Crippen molar-refractivity contribution < 1.29 is 21.7 Å². The van der Waals surface area contributed by atoms with Crippen LogP contribution in [0.1, 0.15) is 32.1 Å². The second-order valence-electron chi connectivity index (χ2n) is 4.62. The molecule has 1 heteroatoms. The molecule has 0 radical (unpaired) electrons. The summed E-state index contributed by atoms with van der Waals surface area (Å²) in [4.78, 5) is 0. The Morgan fingerprint density at radius 3 is 1.55 bits per heavy atom. The van der Waals surface area contributed by atoms with Crippen LogP contribution in [0.4, 0.5) is 0 Å². The normalized spacial score (nSPS) is 52.4. The second-order valence-corrected chi connectivity index (χ2v) is 4.62. The fraction of sp³-hybridized carbons (Fsp3) is 0.900. The fourth-order valence-corrected chi connectivity index (χ4v) is 3.65. The minimum atomic E-state index is 0. The van der Waals surface area contributed by atoms with Crippen LogP contribution in [0.2, 0.25) is 0 Å². The molecule has 0 amide bonds. The monoisotopic (exact) mass is 183 g/mol. The molecule has 0 aromatic heterocycles. The molecule has 4 saturated carbocycles. The van der Waals surface area contributed by atoms with Gasteiger partial charge in [0.15, 0.2) is 0 Å². The van der Waals surface area contributed by atoms with Crippen LogP contribution in [0.3, 0.4) is 0 Å². The van der Waals surface area contributed by atoms with Crippen molar-refractivity contribution in [3.63, 3.8) is 0 Å². The minimum absolute atomic E-state index is 0. The predicted octanol–water partition coefficient (Wildman–Crippen LogP) is 2.64. The van der Waals surface area contributed by atoms with E-state index in [1.54, 1.807) is 32.1 Å². The zero-order chi connectivity index (χ0) is 6.55. The van der Waals surface area contributed by atoms with E-state index in [0.717, 1.165) is 23.7 Å². The van der Waals surface area contributed by atoms with Crippen LogP contribution in [0, 0.1) is 30.1 Å². The van der Waals surface area contributed by atoms with Crippen LogP contribution >= 0.6 is 0 Å². The molecule has 0 nitrogen and oxygen atoms in total. The van der Waals surface area contributed by atoms with Crippen molar-refractivity contribution in [3.05, 3.63) is 6.42 Å². The first kappa shape index (κ1) is 8.32. The molecule has 0 heterocycles. The van der Waals surface area contributed by atoms with Gasteiger partial charge >= 0.3 is 0 Å². The second kappa shape index (κ2) is 2.89. The molecule has 4 aliphatic rings. The Kier molecular flexibility index (Phi) is 2.18. The van der Waals surface area contributed by atoms with Crippen molar-refractivity contribution in [1.29, 1.82) is 0 Å². The molecule has 0 unspecified atom stereocenters. The Morgan fingerprint density at radius 2 is 1.18 bits per heavy atom. The van der Waals surface area contributed by atoms with E-state index in [0.29, 0.717) is 0 Å². The molecule has 0 atom stereocenters. The first-order valence-electron chi connectivity index (χ1n) is 4.75. The van der Waals surface area contributed by atoms with E-state index < -0.39 is 0 Å². The van der Waals surface area contributed by atoms with Gasteiger partial charge in [-0.2, -0.15) is 11.8 Å². The maximum Gasteiger partial charge on any atom is 0 e. The Balaban J connectivity index is 0.000000480. The van der Waals surface area contributed by atoms with Crippen molar-refractivity contribution in [1.82, 2.24) is 0 Å². The number of hydrogen-bond acceptors (Lipinski definition) is 0. The molecule has 0 N–H and O–H groups in total. The molecule has 11 heavy (non-hydrogen) atoms. The number of hydrogen-bond donors (Lipinski definition) is 0. The van der Waals surface area contributed by atoms with Gasteiger partial charge < -0.3 is 6.42 Å². The van der Waals surface area contributed by atoms with Crippen LogP contribution < -0.4 is 0 Å². The third kappa shape index (κ3) is 1.33. The zero-order valence-electron chi connectivity index (χ0n) is 6.92. The summed E-state index contributed by atoms with van der Waals surface area (Å²) < 4.78 is 0. The molecule has 4 fully saturated rings. The van der Waals surface area contributed by atoms with E-state index in [1.165, 1.54) is 0 Å². The number of rotatable bonds is 0. The van der Waals surface area contributed by atoms with Gasteiger partial charge in [0.2, 0.25) is 0 Å². The average molecular weight is 183 g/mol. The molecular formula is C10H15Ti-. The maximum atomic E-state index is 2.66. The summed E-state index contributed by atoms with van der Waals surface area (Å²) in [5.41, 5.74) is 0. The van der Waals surface area contributed by atoms with Gasteiger partial charge in [0.1, 0.15) is 0 Å². The van der Waals surface area contributed by atoms with Crippen LogP contribution in [0.15, 0.2) is 0 Å². The molecule has 0 aromatic rings. The summed E-state index contributed by atoms with van der Waals surface area (Å²) in [6.07, 6.45) is 10.4. The summed E-state index contributed by atoms with van der Waals surface area (Å²) >= 11 is 0. The first-order valence-corrected chi connectivity index (χ1v) is 4.75. The molecule has 0 aromatic carbocycles. The summed E-state index contributed by atoms with van der Waals surface area (Å²) in [6, 6.07) is 0. The molecule has 0 aliphatic heterocycles. The van der Waals surface area contributed by atoms with E-state index in [4.69, 9.17) is 0 Å². The van der Waals surface area contributed by atoms with Gasteiger partial charge in [-0.3, -0.25) is 0 Å². The van der Waals surface area contributed by atoms with Crippen LogP contribution in [0.5, 0.6) is 0 Å². The standard InChI is InChI=1S/C10H15.Ti/c1-7-2-9-4-8(1)5-10(3-7)6-9;/h1,7-10H,2-6H2;/q-1;. The van der Waals surface area contributed by atoms with Gasteiger partial charge in [0.05, 0.1) is 0 Å². The third-order valence-electron chi connectivity index (χ3n) is 3.76. The van der Waals surface area contributed by atoms with Gasteiger partial charge in [-0.1, -0.05) is 25.7 Å². The molecule has 4 rings (SSSR count). The largest absolute Gasteiger partial charge is 0.322 e. The quantitative estimate of drug-likeness (QED) is 0.400. The van der Waals surface area contributed by atoms with Crippen molar-refractivity contribution in [2.45, 2.75) is 32.1 Å². The Bertz CT molecular complexity index is 96.4. The molecule has 4 aliphatic carbocycles. The molecule has 0 saturated heterocycles. The van der Waals surface area contributed by atoms with Gasteiger partial charge in [0, 0.05) is 21.7 Å².